The number of hydrogen-bond acceptors (Lipinski definition) is 1. The van der Waals surface area contributed by atoms with Crippen molar-refractivity contribution in [1.82, 2.24) is 0 Å². The highest BCUT2D eigenvalue weighted by molar-refractivity contribution is 6.44. The molecule has 3 heteroatoms. The summed E-state index contributed by atoms with van der Waals surface area (Å²) in [5.74, 6) is 0. The first-order chi connectivity index (χ1) is 25.4. The molecular weight excluding hydrogens is 685 g/mol. The molecule has 0 unspecified atom stereocenters. The van der Waals surface area contributed by atoms with Gasteiger partial charge >= 0.3 is 0 Å². The van der Waals surface area contributed by atoms with Gasteiger partial charge in [-0.25, -0.2) is 0 Å². The van der Waals surface area contributed by atoms with Gasteiger partial charge in [0.2, 0.25) is 0 Å². The number of fused-ring (bicyclic) bond motifs is 6. The maximum Gasteiger partial charge on any atom is 0.0832 e. The largest absolute Gasteiger partial charge is 0.308 e. The number of nitrogens with zero attached hydrogens (tertiary/aromatic N) is 1. The van der Waals surface area contributed by atoms with Gasteiger partial charge < -0.3 is 4.90 Å². The minimum atomic E-state index is -0.0598. The van der Waals surface area contributed by atoms with Crippen LogP contribution in [0.3, 0.4) is 0 Å². The summed E-state index contributed by atoms with van der Waals surface area (Å²) in [4.78, 5) is 2.26. The van der Waals surface area contributed by atoms with E-state index in [1.54, 1.807) is 0 Å². The lowest BCUT2D eigenvalue weighted by molar-refractivity contribution is 0.590. The molecule has 0 aliphatic carbocycles. The molecule has 0 bridgehead atoms. The molecule has 0 aromatic heterocycles. The van der Waals surface area contributed by atoms with Crippen LogP contribution < -0.4 is 4.90 Å². The van der Waals surface area contributed by atoms with E-state index >= 15 is 0 Å². The second-order valence-corrected chi connectivity index (χ2v) is 16.9. The summed E-state index contributed by atoms with van der Waals surface area (Å²) in [6.07, 6.45) is 0. The molecule has 0 saturated carbocycles. The standard InChI is InChI=1S/C50H43Cl2N/c1-49(2,3)35-23-18-32(19-24-35)33-20-26-37(27-21-33)53(47-17-11-16-45(51)48(47)52)46-29-25-36(50(4,5)6)31-43(46)34-22-28-42-40-14-8-7-12-38(40)39-13-9-10-15-41(39)44(42)30-34/h7-31H,1-6H3. The zero-order chi connectivity index (χ0) is 37.1. The van der Waals surface area contributed by atoms with Gasteiger partial charge in [0.25, 0.3) is 0 Å². The van der Waals surface area contributed by atoms with Gasteiger partial charge in [0.05, 0.1) is 21.4 Å². The molecule has 262 valence electrons. The molecule has 0 amide bonds. The highest BCUT2D eigenvalue weighted by Gasteiger charge is 2.24. The number of rotatable bonds is 5. The lowest BCUT2D eigenvalue weighted by Crippen LogP contribution is -2.15. The van der Waals surface area contributed by atoms with Crippen molar-refractivity contribution in [3.63, 3.8) is 0 Å². The third-order valence-corrected chi connectivity index (χ3v) is 11.3. The van der Waals surface area contributed by atoms with Crippen molar-refractivity contribution in [3.05, 3.63) is 173 Å². The highest BCUT2D eigenvalue weighted by atomic mass is 35.5. The van der Waals surface area contributed by atoms with Crippen LogP contribution in [0.15, 0.2) is 152 Å². The molecule has 0 N–H and O–H groups in total. The molecule has 0 heterocycles. The van der Waals surface area contributed by atoms with E-state index in [4.69, 9.17) is 23.2 Å². The Kier molecular flexibility index (Phi) is 8.84. The van der Waals surface area contributed by atoms with Crippen molar-refractivity contribution < 1.29 is 0 Å². The van der Waals surface area contributed by atoms with Gasteiger partial charge in [-0.1, -0.05) is 174 Å². The number of anilines is 3. The van der Waals surface area contributed by atoms with Crippen molar-refractivity contribution in [2.75, 3.05) is 4.90 Å². The maximum absolute atomic E-state index is 7.09. The second kappa shape index (κ2) is 13.4. The summed E-state index contributed by atoms with van der Waals surface area (Å²) in [6, 6.07) is 54.8. The summed E-state index contributed by atoms with van der Waals surface area (Å²) in [5.41, 5.74) is 10.1. The Bertz CT molecular complexity index is 2600. The fourth-order valence-corrected chi connectivity index (χ4v) is 7.92. The zero-order valence-electron chi connectivity index (χ0n) is 31.1. The van der Waals surface area contributed by atoms with Crippen LogP contribution in [0.25, 0.3) is 54.6 Å². The Labute approximate surface area is 323 Å². The summed E-state index contributed by atoms with van der Waals surface area (Å²) in [6.45, 7) is 13.5. The fourth-order valence-electron chi connectivity index (χ4n) is 7.54. The summed E-state index contributed by atoms with van der Waals surface area (Å²) >= 11 is 13.8. The molecule has 0 aliphatic rings. The van der Waals surface area contributed by atoms with Gasteiger partial charge in [0, 0.05) is 11.3 Å². The minimum Gasteiger partial charge on any atom is -0.308 e. The van der Waals surface area contributed by atoms with Gasteiger partial charge in [-0.2, -0.15) is 0 Å². The second-order valence-electron chi connectivity index (χ2n) is 16.1. The smallest absolute Gasteiger partial charge is 0.0832 e. The average molecular weight is 729 g/mol. The van der Waals surface area contributed by atoms with Crippen molar-refractivity contribution in [3.8, 4) is 22.3 Å². The van der Waals surface area contributed by atoms with Crippen molar-refractivity contribution in [1.29, 1.82) is 0 Å². The van der Waals surface area contributed by atoms with Gasteiger partial charge in [-0.15, -0.1) is 0 Å². The van der Waals surface area contributed by atoms with Crippen LogP contribution in [-0.4, -0.2) is 0 Å². The predicted octanol–water partition coefficient (Wildman–Crippen LogP) is 15.9. The van der Waals surface area contributed by atoms with E-state index in [1.165, 1.54) is 49.0 Å². The highest BCUT2D eigenvalue weighted by Crippen LogP contribution is 2.47. The monoisotopic (exact) mass is 727 g/mol. The van der Waals surface area contributed by atoms with Gasteiger partial charge in [0.1, 0.15) is 0 Å². The first-order valence-corrected chi connectivity index (χ1v) is 19.1. The quantitative estimate of drug-likeness (QED) is 0.160. The molecular formula is C50H43Cl2N. The van der Waals surface area contributed by atoms with Crippen LogP contribution in [0, 0.1) is 0 Å². The van der Waals surface area contributed by atoms with Gasteiger partial charge in [-0.3, -0.25) is 0 Å². The van der Waals surface area contributed by atoms with Crippen LogP contribution in [0.2, 0.25) is 10.0 Å². The molecule has 8 aromatic carbocycles. The van der Waals surface area contributed by atoms with Crippen molar-refractivity contribution >= 4 is 72.6 Å². The topological polar surface area (TPSA) is 3.24 Å². The van der Waals surface area contributed by atoms with E-state index in [2.05, 4.69) is 186 Å². The molecule has 53 heavy (non-hydrogen) atoms. The minimum absolute atomic E-state index is 0.0598. The molecule has 0 saturated heterocycles. The normalized spacial score (nSPS) is 12.2. The molecule has 0 spiro atoms. The Morgan fingerprint density at radius 1 is 0.396 bits per heavy atom. The van der Waals surface area contributed by atoms with Crippen LogP contribution in [0.5, 0.6) is 0 Å². The van der Waals surface area contributed by atoms with Crippen molar-refractivity contribution in [2.24, 2.45) is 0 Å². The first-order valence-electron chi connectivity index (χ1n) is 18.3. The Morgan fingerprint density at radius 2 is 0.887 bits per heavy atom. The van der Waals surface area contributed by atoms with E-state index in [-0.39, 0.29) is 10.8 Å². The molecule has 0 fully saturated rings. The van der Waals surface area contributed by atoms with E-state index in [0.29, 0.717) is 10.0 Å². The Hall–Kier alpha value is -5.08. The Morgan fingerprint density at radius 3 is 1.45 bits per heavy atom. The SMILES string of the molecule is CC(C)(C)c1ccc(-c2ccc(N(c3ccc(C(C)(C)C)cc3-c3ccc4c5ccccc5c5ccccc5c4c3)c3cccc(Cl)c3Cl)cc2)cc1. The predicted molar refractivity (Wildman–Crippen MR) is 232 cm³/mol. The lowest BCUT2D eigenvalue weighted by atomic mass is 9.84. The molecule has 0 radical (unpaired) electrons. The van der Waals surface area contributed by atoms with E-state index in [9.17, 15) is 0 Å². The lowest BCUT2D eigenvalue weighted by Gasteiger charge is -2.30. The zero-order valence-corrected chi connectivity index (χ0v) is 32.6. The average Bonchev–Trinajstić information content (AvgIpc) is 3.16. The fraction of sp³-hybridized carbons (Fsp3) is 0.160. The summed E-state index contributed by atoms with van der Waals surface area (Å²) in [7, 11) is 0. The summed E-state index contributed by atoms with van der Waals surface area (Å²) < 4.78 is 0. The van der Waals surface area contributed by atoms with E-state index in [1.807, 2.05) is 12.1 Å². The Balaban J connectivity index is 1.35. The van der Waals surface area contributed by atoms with Crippen LogP contribution in [0.4, 0.5) is 17.1 Å². The van der Waals surface area contributed by atoms with E-state index in [0.717, 1.165) is 33.8 Å². The maximum atomic E-state index is 7.09. The molecule has 0 aliphatic heterocycles. The summed E-state index contributed by atoms with van der Waals surface area (Å²) in [5, 5.41) is 8.55. The third-order valence-electron chi connectivity index (χ3n) is 10.5. The number of benzene rings is 8. The molecule has 0 atom stereocenters. The van der Waals surface area contributed by atoms with Crippen LogP contribution >= 0.6 is 23.2 Å². The van der Waals surface area contributed by atoms with Gasteiger partial charge in [-0.05, 0) is 113 Å². The number of hydrogen-bond donors (Lipinski definition) is 0. The van der Waals surface area contributed by atoms with Crippen molar-refractivity contribution in [2.45, 2.75) is 52.4 Å². The van der Waals surface area contributed by atoms with Gasteiger partial charge in [0.15, 0.2) is 0 Å². The van der Waals surface area contributed by atoms with Crippen LogP contribution in [0.1, 0.15) is 52.7 Å². The molecule has 1 nitrogen and oxygen atoms in total. The number of halogens is 2. The third kappa shape index (κ3) is 6.48. The van der Waals surface area contributed by atoms with Crippen LogP contribution in [-0.2, 0) is 10.8 Å². The molecule has 8 aromatic rings. The molecule has 8 rings (SSSR count). The first kappa shape index (κ1) is 35.0. The van der Waals surface area contributed by atoms with E-state index < -0.39 is 0 Å².